The molecule has 0 radical (unpaired) electrons. The van der Waals surface area contributed by atoms with E-state index in [9.17, 15) is 14.7 Å². The molecular formula is C20H22N2O3. The third-order valence-corrected chi connectivity index (χ3v) is 3.95. The van der Waals surface area contributed by atoms with Crippen LogP contribution in [0, 0.1) is 0 Å². The number of hydrogen-bond donors (Lipinski definition) is 2. The number of carbonyl (C=O) groups is 2. The van der Waals surface area contributed by atoms with E-state index in [1.165, 1.54) is 6.08 Å². The molecule has 0 aliphatic carbocycles. The van der Waals surface area contributed by atoms with Gasteiger partial charge in [0.05, 0.1) is 19.1 Å². The molecule has 0 saturated heterocycles. The van der Waals surface area contributed by atoms with E-state index in [0.29, 0.717) is 5.69 Å². The molecule has 2 aromatic carbocycles. The number of nitrogens with zero attached hydrogens (tertiary/aromatic N) is 1. The molecule has 1 unspecified atom stereocenters. The number of hydrogen-bond acceptors (Lipinski definition) is 3. The van der Waals surface area contributed by atoms with Crippen molar-refractivity contribution in [2.45, 2.75) is 12.5 Å². The second-order valence-corrected chi connectivity index (χ2v) is 5.68. The van der Waals surface area contributed by atoms with Crippen molar-refractivity contribution in [3.63, 3.8) is 0 Å². The summed E-state index contributed by atoms with van der Waals surface area (Å²) in [6.45, 7) is 3.26. The Balaban J connectivity index is 2.09. The Morgan fingerprint density at radius 3 is 2.56 bits per heavy atom. The van der Waals surface area contributed by atoms with Crippen molar-refractivity contribution >= 4 is 17.5 Å². The van der Waals surface area contributed by atoms with Crippen LogP contribution in [0.3, 0.4) is 0 Å². The van der Waals surface area contributed by atoms with Crippen LogP contribution >= 0.6 is 0 Å². The van der Waals surface area contributed by atoms with Crippen molar-refractivity contribution < 1.29 is 14.7 Å². The van der Waals surface area contributed by atoms with Crippen LogP contribution in [0.15, 0.2) is 67.3 Å². The summed E-state index contributed by atoms with van der Waals surface area (Å²) >= 11 is 0. The van der Waals surface area contributed by atoms with Crippen molar-refractivity contribution in [1.29, 1.82) is 0 Å². The molecule has 130 valence electrons. The van der Waals surface area contributed by atoms with E-state index < -0.39 is 6.04 Å². The average Bonchev–Trinajstić information content (AvgIpc) is 2.63. The zero-order valence-electron chi connectivity index (χ0n) is 14.2. The van der Waals surface area contributed by atoms with Crippen LogP contribution in [0.2, 0.25) is 0 Å². The third-order valence-electron chi connectivity index (χ3n) is 3.95. The number of aliphatic hydroxyl groups is 1. The van der Waals surface area contributed by atoms with Gasteiger partial charge >= 0.3 is 0 Å². The molecule has 0 fully saturated rings. The van der Waals surface area contributed by atoms with Crippen LogP contribution in [0.4, 0.5) is 5.69 Å². The summed E-state index contributed by atoms with van der Waals surface area (Å²) in [5.41, 5.74) is 2.27. The number of likely N-dealkylation sites (N-methyl/N-ethyl adjacent to an activating group) is 1. The minimum Gasteiger partial charge on any atom is -0.394 e. The Kier molecular flexibility index (Phi) is 6.48. The van der Waals surface area contributed by atoms with Gasteiger partial charge < -0.3 is 15.3 Å². The molecular weight excluding hydrogens is 316 g/mol. The first kappa shape index (κ1) is 18.4. The monoisotopic (exact) mass is 338 g/mol. The van der Waals surface area contributed by atoms with E-state index in [0.717, 1.165) is 11.1 Å². The van der Waals surface area contributed by atoms with Gasteiger partial charge in [0, 0.05) is 12.7 Å². The molecule has 0 aliphatic rings. The molecule has 2 N–H and O–H groups in total. The summed E-state index contributed by atoms with van der Waals surface area (Å²) in [6, 6.07) is 16.1. The van der Waals surface area contributed by atoms with Gasteiger partial charge in [-0.1, -0.05) is 49.0 Å². The van der Waals surface area contributed by atoms with Gasteiger partial charge in [-0.15, -0.1) is 0 Å². The molecule has 0 saturated carbocycles. The largest absolute Gasteiger partial charge is 0.394 e. The highest BCUT2D eigenvalue weighted by Gasteiger charge is 2.21. The summed E-state index contributed by atoms with van der Waals surface area (Å²) in [5.74, 6) is -0.417. The lowest BCUT2D eigenvalue weighted by Gasteiger charge is -2.27. The number of benzene rings is 2. The zero-order valence-corrected chi connectivity index (χ0v) is 14.2. The maximum Gasteiger partial charge on any atom is 0.247 e. The second-order valence-electron chi connectivity index (χ2n) is 5.68. The minimum atomic E-state index is -0.391. The van der Waals surface area contributed by atoms with Gasteiger partial charge in [0.15, 0.2) is 0 Å². The third kappa shape index (κ3) is 5.02. The van der Waals surface area contributed by atoms with E-state index in [-0.39, 0.29) is 24.8 Å². The van der Waals surface area contributed by atoms with Crippen LogP contribution in [0.1, 0.15) is 17.2 Å². The minimum absolute atomic E-state index is 0.116. The Bertz CT molecular complexity index is 744. The van der Waals surface area contributed by atoms with Crippen molar-refractivity contribution in [3.05, 3.63) is 78.4 Å². The first-order chi connectivity index (χ1) is 12.0. The molecule has 0 aliphatic heterocycles. The fourth-order valence-electron chi connectivity index (χ4n) is 2.55. The van der Waals surface area contributed by atoms with Gasteiger partial charge in [-0.25, -0.2) is 0 Å². The van der Waals surface area contributed by atoms with E-state index in [2.05, 4.69) is 11.9 Å². The molecule has 5 nitrogen and oxygen atoms in total. The van der Waals surface area contributed by atoms with Gasteiger partial charge in [-0.3, -0.25) is 9.59 Å². The summed E-state index contributed by atoms with van der Waals surface area (Å²) in [4.78, 5) is 25.5. The molecule has 2 amide bonds. The first-order valence-corrected chi connectivity index (χ1v) is 7.99. The van der Waals surface area contributed by atoms with Gasteiger partial charge in [0.2, 0.25) is 11.8 Å². The average molecular weight is 338 g/mol. The highest BCUT2D eigenvalue weighted by Crippen LogP contribution is 2.20. The predicted molar refractivity (Wildman–Crippen MR) is 98.0 cm³/mol. The van der Waals surface area contributed by atoms with E-state index in [1.807, 2.05) is 36.4 Å². The molecule has 2 aromatic rings. The van der Waals surface area contributed by atoms with E-state index in [4.69, 9.17) is 0 Å². The molecule has 0 aromatic heterocycles. The summed E-state index contributed by atoms with van der Waals surface area (Å²) in [7, 11) is 1.68. The number of nitrogens with one attached hydrogen (secondary N) is 1. The van der Waals surface area contributed by atoms with Gasteiger partial charge in [0.25, 0.3) is 0 Å². The van der Waals surface area contributed by atoms with Crippen molar-refractivity contribution in [3.8, 4) is 0 Å². The highest BCUT2D eigenvalue weighted by atomic mass is 16.3. The SMILES string of the molecule is C=CC(=O)Nc1cccc(CC(=O)N(C)C(CO)c2ccccc2)c1. The topological polar surface area (TPSA) is 69.6 Å². The van der Waals surface area contributed by atoms with Crippen molar-refractivity contribution in [1.82, 2.24) is 4.90 Å². The molecule has 0 spiro atoms. The Morgan fingerprint density at radius 2 is 1.92 bits per heavy atom. The lowest BCUT2D eigenvalue weighted by molar-refractivity contribution is -0.132. The first-order valence-electron chi connectivity index (χ1n) is 7.99. The van der Waals surface area contributed by atoms with Crippen LogP contribution in [0.25, 0.3) is 0 Å². The quantitative estimate of drug-likeness (QED) is 0.762. The highest BCUT2D eigenvalue weighted by molar-refractivity contribution is 5.98. The van der Waals surface area contributed by atoms with Crippen LogP contribution < -0.4 is 5.32 Å². The number of aliphatic hydroxyl groups excluding tert-OH is 1. The van der Waals surface area contributed by atoms with Gasteiger partial charge in [-0.05, 0) is 29.3 Å². The molecule has 25 heavy (non-hydrogen) atoms. The molecule has 5 heteroatoms. The summed E-state index contributed by atoms with van der Waals surface area (Å²) in [5, 5.41) is 12.4. The Morgan fingerprint density at radius 1 is 1.20 bits per heavy atom. The molecule has 1 atom stereocenters. The summed E-state index contributed by atoms with van der Waals surface area (Å²) < 4.78 is 0. The Labute approximate surface area is 147 Å². The van der Waals surface area contributed by atoms with Gasteiger partial charge in [-0.2, -0.15) is 0 Å². The fourth-order valence-corrected chi connectivity index (χ4v) is 2.55. The maximum absolute atomic E-state index is 12.6. The van der Waals surface area contributed by atoms with Crippen molar-refractivity contribution in [2.24, 2.45) is 0 Å². The maximum atomic E-state index is 12.6. The lowest BCUT2D eigenvalue weighted by atomic mass is 10.0. The van der Waals surface area contributed by atoms with Crippen LogP contribution in [-0.2, 0) is 16.0 Å². The fraction of sp³-hybridized carbons (Fsp3) is 0.200. The number of anilines is 1. The molecule has 2 rings (SSSR count). The van der Waals surface area contributed by atoms with Gasteiger partial charge in [0.1, 0.15) is 0 Å². The van der Waals surface area contributed by atoms with Crippen molar-refractivity contribution in [2.75, 3.05) is 19.0 Å². The standard InChI is InChI=1S/C20H22N2O3/c1-3-19(24)21-17-11-7-8-15(12-17)13-20(25)22(2)18(14-23)16-9-5-4-6-10-16/h3-12,18,23H,1,13-14H2,2H3,(H,21,24). The molecule has 0 bridgehead atoms. The predicted octanol–water partition coefficient (Wildman–Crippen LogP) is 2.55. The van der Waals surface area contributed by atoms with E-state index in [1.54, 1.807) is 30.1 Å². The number of amides is 2. The molecule has 0 heterocycles. The summed E-state index contributed by atoms with van der Waals surface area (Å²) in [6.07, 6.45) is 1.37. The number of rotatable bonds is 7. The zero-order chi connectivity index (χ0) is 18.2. The Hall–Kier alpha value is -2.92. The number of carbonyl (C=O) groups excluding carboxylic acids is 2. The van der Waals surface area contributed by atoms with E-state index >= 15 is 0 Å². The van der Waals surface area contributed by atoms with Crippen LogP contribution in [-0.4, -0.2) is 35.5 Å². The van der Waals surface area contributed by atoms with Crippen LogP contribution in [0.5, 0.6) is 0 Å². The smallest absolute Gasteiger partial charge is 0.247 e. The lowest BCUT2D eigenvalue weighted by Crippen LogP contribution is -2.34. The second kappa shape index (κ2) is 8.80. The normalized spacial score (nSPS) is 11.4.